The number of carboxylic acid groups (broad SMARTS) is 1. The SMILES string of the molecule is Cc1c(C(=O)NCCCCC(=O)O)cnn1-c1cccc(C(F)(F)F)c1. The Kier molecular flexibility index (Phi) is 6.01. The fraction of sp³-hybridized carbons (Fsp3) is 0.353. The number of amides is 1. The summed E-state index contributed by atoms with van der Waals surface area (Å²) in [5, 5.41) is 15.2. The van der Waals surface area contributed by atoms with Crippen molar-refractivity contribution in [3.8, 4) is 5.69 Å². The summed E-state index contributed by atoms with van der Waals surface area (Å²) in [4.78, 5) is 22.6. The summed E-state index contributed by atoms with van der Waals surface area (Å²) >= 11 is 0. The van der Waals surface area contributed by atoms with E-state index in [1.165, 1.54) is 23.0 Å². The zero-order chi connectivity index (χ0) is 19.3. The van der Waals surface area contributed by atoms with E-state index in [-0.39, 0.29) is 17.7 Å². The molecule has 1 amide bonds. The molecule has 140 valence electrons. The Labute approximate surface area is 147 Å². The van der Waals surface area contributed by atoms with Gasteiger partial charge >= 0.3 is 12.1 Å². The molecule has 0 saturated heterocycles. The van der Waals surface area contributed by atoms with Crippen molar-refractivity contribution in [2.45, 2.75) is 32.4 Å². The van der Waals surface area contributed by atoms with Crippen molar-refractivity contribution in [3.05, 3.63) is 47.3 Å². The van der Waals surface area contributed by atoms with Gasteiger partial charge in [0.25, 0.3) is 5.91 Å². The van der Waals surface area contributed by atoms with E-state index in [2.05, 4.69) is 10.4 Å². The van der Waals surface area contributed by atoms with Gasteiger partial charge < -0.3 is 10.4 Å². The van der Waals surface area contributed by atoms with Gasteiger partial charge in [0, 0.05) is 13.0 Å². The molecule has 1 heterocycles. The van der Waals surface area contributed by atoms with Gasteiger partial charge in [-0.25, -0.2) is 4.68 Å². The van der Waals surface area contributed by atoms with E-state index in [1.807, 2.05) is 0 Å². The van der Waals surface area contributed by atoms with Gasteiger partial charge in [-0.3, -0.25) is 9.59 Å². The number of hydrogen-bond acceptors (Lipinski definition) is 3. The smallest absolute Gasteiger partial charge is 0.416 e. The van der Waals surface area contributed by atoms with Gasteiger partial charge in [0.05, 0.1) is 28.7 Å². The second-order valence-corrected chi connectivity index (χ2v) is 5.71. The third-order valence-corrected chi connectivity index (χ3v) is 3.78. The Bertz CT molecular complexity index is 800. The fourth-order valence-electron chi connectivity index (χ4n) is 2.41. The molecule has 26 heavy (non-hydrogen) atoms. The summed E-state index contributed by atoms with van der Waals surface area (Å²) in [5.74, 6) is -1.30. The lowest BCUT2D eigenvalue weighted by Crippen LogP contribution is -2.25. The maximum absolute atomic E-state index is 12.8. The minimum Gasteiger partial charge on any atom is -0.481 e. The average molecular weight is 369 g/mol. The molecular formula is C17H18F3N3O3. The predicted molar refractivity (Wildman–Crippen MR) is 87.1 cm³/mol. The third-order valence-electron chi connectivity index (χ3n) is 3.78. The molecule has 2 N–H and O–H groups in total. The van der Waals surface area contributed by atoms with Crippen LogP contribution in [0.5, 0.6) is 0 Å². The Balaban J connectivity index is 2.08. The van der Waals surface area contributed by atoms with Crippen molar-refractivity contribution in [2.75, 3.05) is 6.54 Å². The number of carbonyl (C=O) groups excluding carboxylic acids is 1. The molecule has 1 aromatic heterocycles. The number of nitrogens with zero attached hydrogens (tertiary/aromatic N) is 2. The first kappa shape index (κ1) is 19.5. The Morgan fingerprint density at radius 2 is 2.00 bits per heavy atom. The van der Waals surface area contributed by atoms with E-state index in [1.54, 1.807) is 6.92 Å². The molecule has 0 radical (unpaired) electrons. The van der Waals surface area contributed by atoms with Crippen LogP contribution >= 0.6 is 0 Å². The van der Waals surface area contributed by atoms with Crippen molar-refractivity contribution >= 4 is 11.9 Å². The highest BCUT2D eigenvalue weighted by atomic mass is 19.4. The van der Waals surface area contributed by atoms with E-state index in [9.17, 15) is 22.8 Å². The van der Waals surface area contributed by atoms with Gasteiger partial charge in [-0.1, -0.05) is 6.07 Å². The number of nitrogens with one attached hydrogen (secondary N) is 1. The van der Waals surface area contributed by atoms with Gasteiger partial charge in [-0.05, 0) is 38.0 Å². The lowest BCUT2D eigenvalue weighted by molar-refractivity contribution is -0.138. The summed E-state index contributed by atoms with van der Waals surface area (Å²) in [6, 6.07) is 4.69. The molecule has 9 heteroatoms. The van der Waals surface area contributed by atoms with E-state index in [4.69, 9.17) is 5.11 Å². The lowest BCUT2D eigenvalue weighted by atomic mass is 10.2. The summed E-state index contributed by atoms with van der Waals surface area (Å²) in [6.07, 6.45) is -2.19. The Hall–Kier alpha value is -2.84. The number of aromatic nitrogens is 2. The highest BCUT2D eigenvalue weighted by Crippen LogP contribution is 2.30. The van der Waals surface area contributed by atoms with Crippen LogP contribution in [0.1, 0.15) is 40.9 Å². The fourth-order valence-corrected chi connectivity index (χ4v) is 2.41. The molecule has 1 aromatic carbocycles. The monoisotopic (exact) mass is 369 g/mol. The van der Waals surface area contributed by atoms with Gasteiger partial charge in [0.1, 0.15) is 0 Å². The summed E-state index contributed by atoms with van der Waals surface area (Å²) < 4.78 is 39.8. The molecule has 2 aromatic rings. The van der Waals surface area contributed by atoms with E-state index in [0.29, 0.717) is 25.1 Å². The van der Waals surface area contributed by atoms with Crippen LogP contribution in [0.4, 0.5) is 13.2 Å². The van der Waals surface area contributed by atoms with E-state index >= 15 is 0 Å². The van der Waals surface area contributed by atoms with Crippen molar-refractivity contribution in [1.29, 1.82) is 0 Å². The zero-order valence-electron chi connectivity index (χ0n) is 14.0. The maximum Gasteiger partial charge on any atom is 0.416 e. The minimum atomic E-state index is -4.47. The summed E-state index contributed by atoms with van der Waals surface area (Å²) in [5.41, 5.74) is 0.0696. The molecule has 0 unspecified atom stereocenters. The quantitative estimate of drug-likeness (QED) is 0.734. The predicted octanol–water partition coefficient (Wildman–Crippen LogP) is 3.18. The molecular weight excluding hydrogens is 351 g/mol. The second-order valence-electron chi connectivity index (χ2n) is 5.71. The van der Waals surface area contributed by atoms with Gasteiger partial charge in [0.15, 0.2) is 0 Å². The van der Waals surface area contributed by atoms with Crippen LogP contribution in [0.25, 0.3) is 5.69 Å². The number of hydrogen-bond donors (Lipinski definition) is 2. The Morgan fingerprint density at radius 1 is 1.27 bits per heavy atom. The van der Waals surface area contributed by atoms with Crippen LogP contribution < -0.4 is 5.32 Å². The third kappa shape index (κ3) is 4.84. The number of aliphatic carboxylic acids is 1. The van der Waals surface area contributed by atoms with E-state index < -0.39 is 23.6 Å². The van der Waals surface area contributed by atoms with E-state index in [0.717, 1.165) is 12.1 Å². The van der Waals surface area contributed by atoms with Crippen molar-refractivity contribution in [1.82, 2.24) is 15.1 Å². The lowest BCUT2D eigenvalue weighted by Gasteiger charge is -2.10. The highest BCUT2D eigenvalue weighted by molar-refractivity contribution is 5.95. The van der Waals surface area contributed by atoms with Crippen LogP contribution in [0.2, 0.25) is 0 Å². The van der Waals surface area contributed by atoms with Crippen LogP contribution in [0.3, 0.4) is 0 Å². The molecule has 0 fully saturated rings. The second kappa shape index (κ2) is 8.03. The number of carboxylic acids is 1. The number of rotatable bonds is 7. The molecule has 6 nitrogen and oxygen atoms in total. The zero-order valence-corrected chi connectivity index (χ0v) is 14.0. The largest absolute Gasteiger partial charge is 0.481 e. The minimum absolute atomic E-state index is 0.0301. The van der Waals surface area contributed by atoms with Gasteiger partial charge in [-0.15, -0.1) is 0 Å². The number of alkyl halides is 3. The molecule has 0 atom stereocenters. The number of unbranched alkanes of at least 4 members (excludes halogenated alkanes) is 1. The molecule has 0 aliphatic heterocycles. The Morgan fingerprint density at radius 3 is 2.65 bits per heavy atom. The van der Waals surface area contributed by atoms with Crippen molar-refractivity contribution < 1.29 is 27.9 Å². The van der Waals surface area contributed by atoms with Gasteiger partial charge in [-0.2, -0.15) is 18.3 Å². The molecule has 0 saturated carbocycles. The number of benzene rings is 1. The van der Waals surface area contributed by atoms with Crippen LogP contribution in [-0.4, -0.2) is 33.3 Å². The van der Waals surface area contributed by atoms with Crippen LogP contribution in [0, 0.1) is 6.92 Å². The summed E-state index contributed by atoms with van der Waals surface area (Å²) in [7, 11) is 0. The number of carbonyl (C=O) groups is 2. The topological polar surface area (TPSA) is 84.2 Å². The van der Waals surface area contributed by atoms with Crippen LogP contribution in [-0.2, 0) is 11.0 Å². The van der Waals surface area contributed by atoms with Crippen LogP contribution in [0.15, 0.2) is 30.5 Å². The molecule has 2 rings (SSSR count). The summed E-state index contributed by atoms with van der Waals surface area (Å²) in [6.45, 7) is 1.90. The van der Waals surface area contributed by atoms with Gasteiger partial charge in [0.2, 0.25) is 0 Å². The molecule has 0 aliphatic rings. The first-order valence-corrected chi connectivity index (χ1v) is 7.92. The standard InChI is InChI=1S/C17H18F3N3O3/c1-11-14(16(26)21-8-3-2-7-15(24)25)10-22-23(11)13-6-4-5-12(9-13)17(18,19)20/h4-6,9-10H,2-3,7-8H2,1H3,(H,21,26)(H,24,25). The first-order valence-electron chi connectivity index (χ1n) is 7.92. The molecule has 0 bridgehead atoms. The molecule has 0 aliphatic carbocycles. The van der Waals surface area contributed by atoms with Crippen molar-refractivity contribution in [3.63, 3.8) is 0 Å². The first-order chi connectivity index (χ1) is 12.2. The average Bonchev–Trinajstić information content (AvgIpc) is 2.95. The normalized spacial score (nSPS) is 11.4. The highest BCUT2D eigenvalue weighted by Gasteiger charge is 2.30. The maximum atomic E-state index is 12.8. The number of halogens is 3. The van der Waals surface area contributed by atoms with Crippen molar-refractivity contribution in [2.24, 2.45) is 0 Å². The molecule has 0 spiro atoms.